The van der Waals surface area contributed by atoms with E-state index in [9.17, 15) is 0 Å². The number of rotatable bonds is 2. The highest BCUT2D eigenvalue weighted by atomic mass is 35.7. The van der Waals surface area contributed by atoms with Crippen molar-refractivity contribution in [2.45, 2.75) is 20.3 Å². The Balaban J connectivity index is 0.000000312. The summed E-state index contributed by atoms with van der Waals surface area (Å²) in [5, 5.41) is 0. The first kappa shape index (κ1) is 16.5. The third-order valence-electron chi connectivity index (χ3n) is 2.34. The fourth-order valence-electron chi connectivity index (χ4n) is 1.52. The molecule has 0 saturated carbocycles. The van der Waals surface area contributed by atoms with Crippen molar-refractivity contribution >= 4 is 20.7 Å². The lowest BCUT2D eigenvalue weighted by molar-refractivity contribution is -2.00. The van der Waals surface area contributed by atoms with Gasteiger partial charge in [0.2, 0.25) is 0 Å². The van der Waals surface area contributed by atoms with Gasteiger partial charge < -0.3 is 0 Å². The van der Waals surface area contributed by atoms with Crippen molar-refractivity contribution in [3.05, 3.63) is 40.8 Å². The molecule has 2 aromatic rings. The summed E-state index contributed by atoms with van der Waals surface area (Å²) in [6.45, 7) is 4.45. The maximum Gasteiger partial charge on any atom is 0.301 e. The van der Waals surface area contributed by atoms with Crippen LogP contribution in [0.25, 0.3) is 10.4 Å². The number of halogens is 1. The van der Waals surface area contributed by atoms with Crippen molar-refractivity contribution in [1.29, 1.82) is 0 Å². The molecule has 104 valence electrons. The molecule has 0 spiro atoms. The Morgan fingerprint density at radius 2 is 1.63 bits per heavy atom. The maximum absolute atomic E-state index is 8.49. The summed E-state index contributed by atoms with van der Waals surface area (Å²) in [5.41, 5.74) is 2.82. The minimum Gasteiger partial charge on any atom is -0.222 e. The predicted octanol–water partition coefficient (Wildman–Crippen LogP) is -0.127. The lowest BCUT2D eigenvalue weighted by atomic mass is 10.1. The topological polar surface area (TPSA) is 92.2 Å². The molecule has 0 fully saturated rings. The van der Waals surface area contributed by atoms with E-state index < -0.39 is 10.2 Å². The van der Waals surface area contributed by atoms with Crippen LogP contribution < -0.4 is 18.6 Å². The van der Waals surface area contributed by atoms with E-state index in [-0.39, 0.29) is 0 Å². The molecular weight excluding hydrogens is 308 g/mol. The van der Waals surface area contributed by atoms with E-state index in [0.717, 1.165) is 6.42 Å². The Morgan fingerprint density at radius 3 is 2.05 bits per heavy atom. The Kier molecular flexibility index (Phi) is 6.28. The average molecular weight is 321 g/mol. The van der Waals surface area contributed by atoms with Crippen molar-refractivity contribution < 1.29 is 28.9 Å². The highest BCUT2D eigenvalue weighted by Gasteiger charge is 2.20. The number of hydrogen-bond donors (Lipinski definition) is 0. The van der Waals surface area contributed by atoms with Crippen molar-refractivity contribution in [3.8, 4) is 10.4 Å². The van der Waals surface area contributed by atoms with Crippen molar-refractivity contribution in [2.75, 3.05) is 0 Å². The molecule has 0 N–H and O–H groups in total. The normalized spacial score (nSPS) is 10.8. The minimum atomic E-state index is -4.94. The Morgan fingerprint density at radius 1 is 1.11 bits per heavy atom. The first-order valence-corrected chi connectivity index (χ1v) is 8.80. The highest BCUT2D eigenvalue weighted by molar-refractivity contribution is 7.70. The molecule has 0 aliphatic rings. The molecule has 0 aliphatic heterocycles. The van der Waals surface area contributed by atoms with Gasteiger partial charge in [0.15, 0.2) is 10.3 Å². The van der Waals surface area contributed by atoms with E-state index in [1.54, 1.807) is 0 Å². The van der Waals surface area contributed by atoms with Crippen LogP contribution >= 0.6 is 20.7 Å². The van der Waals surface area contributed by atoms with Gasteiger partial charge in [0.25, 0.3) is 4.88 Å². The monoisotopic (exact) mass is 320 g/mol. The molecule has 0 bridgehead atoms. The third-order valence-corrected chi connectivity index (χ3v) is 5.28. The lowest BCUT2D eigenvalue weighted by Crippen LogP contribution is -2.68. The summed E-state index contributed by atoms with van der Waals surface area (Å²) in [5.74, 6) is 0. The van der Waals surface area contributed by atoms with Crippen LogP contribution in [0, 0.1) is 17.2 Å². The van der Waals surface area contributed by atoms with Gasteiger partial charge in [0.05, 0.1) is 4.88 Å². The van der Waals surface area contributed by atoms with Gasteiger partial charge >= 0.3 is 10.3 Å². The summed E-state index contributed by atoms with van der Waals surface area (Å²) in [6, 6.07) is 10.6. The van der Waals surface area contributed by atoms with Crippen molar-refractivity contribution in [3.63, 3.8) is 0 Å². The van der Waals surface area contributed by atoms with Crippen LogP contribution in [0.5, 0.6) is 0 Å². The van der Waals surface area contributed by atoms with Gasteiger partial charge in [-0.05, 0) is 25.5 Å². The first-order chi connectivity index (χ1) is 8.83. The van der Waals surface area contributed by atoms with Crippen LogP contribution in [0.4, 0.5) is 0 Å². The van der Waals surface area contributed by atoms with E-state index in [2.05, 4.69) is 44.2 Å². The van der Waals surface area contributed by atoms with Crippen LogP contribution in [-0.2, 0) is 6.42 Å². The quantitative estimate of drug-likeness (QED) is 0.569. The molecule has 0 unspecified atom stereocenters. The molecule has 0 atom stereocenters. The van der Waals surface area contributed by atoms with Gasteiger partial charge in [0.1, 0.15) is 0 Å². The van der Waals surface area contributed by atoms with Crippen LogP contribution in [0.1, 0.15) is 17.4 Å². The second kappa shape index (κ2) is 7.25. The van der Waals surface area contributed by atoms with Gasteiger partial charge in [-0.25, -0.2) is 18.6 Å². The first-order valence-electron chi connectivity index (χ1n) is 5.41. The smallest absolute Gasteiger partial charge is 0.222 e. The molecule has 0 saturated heterocycles. The summed E-state index contributed by atoms with van der Waals surface area (Å²) in [4.78, 5) is 2.96. The molecule has 1 aromatic carbocycles. The van der Waals surface area contributed by atoms with Crippen LogP contribution in [-0.4, -0.2) is 0 Å². The Labute approximate surface area is 121 Å². The van der Waals surface area contributed by atoms with Crippen molar-refractivity contribution in [1.82, 2.24) is 0 Å². The second-order valence-electron chi connectivity index (χ2n) is 3.64. The summed E-state index contributed by atoms with van der Waals surface area (Å²) in [6.07, 6.45) is 1.15. The van der Waals surface area contributed by atoms with Gasteiger partial charge in [-0.1, -0.05) is 25.1 Å². The fraction of sp³-hybridized carbons (Fsp3) is 0.250. The molecule has 1 heterocycles. The maximum atomic E-state index is 8.49. The molecule has 1 aromatic heterocycles. The third kappa shape index (κ3) is 5.92. The van der Waals surface area contributed by atoms with Gasteiger partial charge in [-0.3, -0.25) is 0 Å². The second-order valence-corrected chi connectivity index (χ2v) is 6.63. The van der Waals surface area contributed by atoms with Gasteiger partial charge in [-0.15, -0.1) is 10.2 Å². The predicted molar refractivity (Wildman–Crippen MR) is 66.2 cm³/mol. The summed E-state index contributed by atoms with van der Waals surface area (Å²) >= 11 is 0. The molecule has 0 radical (unpaired) electrons. The summed E-state index contributed by atoms with van der Waals surface area (Å²) in [7, 11) is -1.14. The summed E-state index contributed by atoms with van der Waals surface area (Å²) < 4.78 is 34.0. The van der Waals surface area contributed by atoms with Gasteiger partial charge in [0, 0.05) is 11.1 Å². The zero-order valence-electron chi connectivity index (χ0n) is 10.4. The average Bonchev–Trinajstić information content (AvgIpc) is 2.69. The zero-order valence-corrected chi connectivity index (χ0v) is 12.8. The molecule has 4 nitrogen and oxygen atoms in total. The molecule has 19 heavy (non-hydrogen) atoms. The molecule has 0 aliphatic carbocycles. The number of hydrogen-bond acceptors (Lipinski definition) is 5. The molecule has 0 amide bonds. The van der Waals surface area contributed by atoms with Crippen LogP contribution in [0.2, 0.25) is 0 Å². The van der Waals surface area contributed by atoms with Crippen LogP contribution in [0.3, 0.4) is 0 Å². The molecular formula is C12H13ClO4S2. The number of aryl methyl sites for hydroxylation is 1. The van der Waals surface area contributed by atoms with E-state index in [1.165, 1.54) is 20.9 Å². The molecule has 2 rings (SSSR count). The lowest BCUT2D eigenvalue weighted by Gasteiger charge is -2.17. The zero-order chi connectivity index (χ0) is 14.5. The van der Waals surface area contributed by atoms with Crippen LogP contribution in [0.15, 0.2) is 30.3 Å². The Bertz CT molecular complexity index is 502. The van der Waals surface area contributed by atoms with E-state index in [4.69, 9.17) is 18.6 Å². The largest absolute Gasteiger partial charge is 0.301 e. The van der Waals surface area contributed by atoms with Crippen molar-refractivity contribution in [2.24, 2.45) is 0 Å². The van der Waals surface area contributed by atoms with Gasteiger partial charge in [-0.2, -0.15) is 0 Å². The van der Waals surface area contributed by atoms with E-state index in [1.807, 2.05) is 20.7 Å². The van der Waals surface area contributed by atoms with E-state index >= 15 is 0 Å². The fourth-order valence-corrected chi connectivity index (χ4v) is 4.54. The highest BCUT2D eigenvalue weighted by Crippen LogP contribution is 2.36. The Hall–Kier alpha value is -0.600. The molecule has 7 heteroatoms. The standard InChI is InChI=1S/C12H13S2.ClHO4/c1-3-11-9(2)12(14-13-11)10-7-5-4-6-8-10;2-1(3,4)5/h4-8H,3H2,1-2H3;(H,2,3,4,5)/q+1;/p-1. The minimum absolute atomic E-state index is 1.15. The SMILES string of the molecule is CCc1s[s+]c(-c2ccccc2)c1C.[O-][Cl+3]([O-])([O-])[O-]. The van der Waals surface area contributed by atoms with E-state index in [0.29, 0.717) is 0 Å². The number of benzene rings is 1.